The minimum Gasteiger partial charge on any atom is -0.491 e. The molecule has 1 aliphatic rings. The Morgan fingerprint density at radius 3 is 2.85 bits per heavy atom. The van der Waals surface area contributed by atoms with Crippen molar-refractivity contribution in [1.29, 1.82) is 5.26 Å². The second kappa shape index (κ2) is 9.05. The molecule has 0 unspecified atom stereocenters. The molecule has 26 heavy (non-hydrogen) atoms. The minimum atomic E-state index is -0.801. The van der Waals surface area contributed by atoms with E-state index in [1.165, 1.54) is 0 Å². The summed E-state index contributed by atoms with van der Waals surface area (Å²) >= 11 is 0. The van der Waals surface area contributed by atoms with E-state index in [2.05, 4.69) is 18.3 Å². The molecule has 0 saturated heterocycles. The van der Waals surface area contributed by atoms with Crippen molar-refractivity contribution < 1.29 is 14.3 Å². The maximum atomic E-state index is 13.0. The first-order valence-electron chi connectivity index (χ1n) is 9.60. The zero-order valence-corrected chi connectivity index (χ0v) is 16.3. The van der Waals surface area contributed by atoms with Crippen LogP contribution in [0.4, 0.5) is 5.69 Å². The van der Waals surface area contributed by atoms with Gasteiger partial charge in [0.15, 0.2) is 0 Å². The number of anilines is 1. The lowest BCUT2D eigenvalue weighted by Gasteiger charge is -2.38. The number of nitrogens with one attached hydrogen (secondary N) is 1. The Morgan fingerprint density at radius 2 is 2.23 bits per heavy atom. The normalized spacial score (nSPS) is 23.7. The third kappa shape index (κ3) is 4.76. The maximum Gasteiger partial charge on any atom is 0.256 e. The van der Waals surface area contributed by atoms with Crippen LogP contribution in [0.5, 0.6) is 5.75 Å². The standard InChI is InChI=1S/C21H30N2O3/c1-5-16(4)26-18-9-10-19(17(12-18)14-22)23-20(24)21(25-6-2)11-7-8-15(3)13-21/h9-10,12,15-16H,5-8,11,13H2,1-4H3,(H,23,24)/t15-,16-,21+/m1/s1. The Morgan fingerprint density at radius 1 is 1.46 bits per heavy atom. The van der Waals surface area contributed by atoms with Gasteiger partial charge in [0.1, 0.15) is 17.4 Å². The zero-order valence-electron chi connectivity index (χ0n) is 16.3. The molecule has 0 heterocycles. The molecule has 0 spiro atoms. The molecule has 0 aromatic heterocycles. The molecule has 0 aliphatic heterocycles. The third-order valence-corrected chi connectivity index (χ3v) is 5.06. The highest BCUT2D eigenvalue weighted by Crippen LogP contribution is 2.36. The molecule has 142 valence electrons. The number of rotatable bonds is 7. The van der Waals surface area contributed by atoms with E-state index in [1.54, 1.807) is 18.2 Å². The van der Waals surface area contributed by atoms with Crippen molar-refractivity contribution in [3.63, 3.8) is 0 Å². The van der Waals surface area contributed by atoms with E-state index in [-0.39, 0.29) is 12.0 Å². The molecule has 0 bridgehead atoms. The van der Waals surface area contributed by atoms with Gasteiger partial charge in [-0.15, -0.1) is 0 Å². The molecule has 1 amide bonds. The fourth-order valence-electron chi connectivity index (χ4n) is 3.53. The molecular weight excluding hydrogens is 328 g/mol. The van der Waals surface area contributed by atoms with Gasteiger partial charge in [-0.1, -0.05) is 20.3 Å². The average Bonchev–Trinajstić information content (AvgIpc) is 2.62. The van der Waals surface area contributed by atoms with E-state index >= 15 is 0 Å². The number of nitriles is 1. The largest absolute Gasteiger partial charge is 0.491 e. The summed E-state index contributed by atoms with van der Waals surface area (Å²) < 4.78 is 11.7. The van der Waals surface area contributed by atoms with Gasteiger partial charge >= 0.3 is 0 Å². The molecule has 1 aromatic rings. The first-order chi connectivity index (χ1) is 12.4. The van der Waals surface area contributed by atoms with Crippen LogP contribution in [0.25, 0.3) is 0 Å². The van der Waals surface area contributed by atoms with Crippen molar-refractivity contribution >= 4 is 11.6 Å². The summed E-state index contributed by atoms with van der Waals surface area (Å²) in [6.07, 6.45) is 4.48. The molecule has 0 radical (unpaired) electrons. The number of carbonyl (C=O) groups is 1. The molecular formula is C21H30N2O3. The van der Waals surface area contributed by atoms with Crippen molar-refractivity contribution in [3.8, 4) is 11.8 Å². The molecule has 5 heteroatoms. The maximum absolute atomic E-state index is 13.0. The molecule has 1 N–H and O–H groups in total. The van der Waals surface area contributed by atoms with Crippen molar-refractivity contribution in [1.82, 2.24) is 0 Å². The summed E-state index contributed by atoms with van der Waals surface area (Å²) in [5.41, 5.74) is 0.103. The lowest BCUT2D eigenvalue weighted by atomic mass is 9.78. The van der Waals surface area contributed by atoms with Gasteiger partial charge in [-0.25, -0.2) is 0 Å². The van der Waals surface area contributed by atoms with E-state index < -0.39 is 5.60 Å². The van der Waals surface area contributed by atoms with E-state index in [1.807, 2.05) is 20.8 Å². The van der Waals surface area contributed by atoms with E-state index in [0.717, 1.165) is 19.3 Å². The first kappa shape index (κ1) is 20.3. The van der Waals surface area contributed by atoms with Gasteiger partial charge in [0.2, 0.25) is 0 Å². The van der Waals surface area contributed by atoms with Gasteiger partial charge in [0, 0.05) is 12.7 Å². The molecule has 1 aromatic carbocycles. The Labute approximate surface area is 156 Å². The number of amides is 1. The van der Waals surface area contributed by atoms with Crippen molar-refractivity contribution in [2.75, 3.05) is 11.9 Å². The van der Waals surface area contributed by atoms with Crippen LogP contribution in [0.15, 0.2) is 18.2 Å². The van der Waals surface area contributed by atoms with Crippen LogP contribution in [-0.4, -0.2) is 24.2 Å². The highest BCUT2D eigenvalue weighted by molar-refractivity contribution is 5.98. The van der Waals surface area contributed by atoms with Crippen LogP contribution < -0.4 is 10.1 Å². The first-order valence-corrected chi connectivity index (χ1v) is 9.60. The van der Waals surface area contributed by atoms with Crippen molar-refractivity contribution in [3.05, 3.63) is 23.8 Å². The van der Waals surface area contributed by atoms with E-state index in [9.17, 15) is 10.1 Å². The molecule has 1 saturated carbocycles. The zero-order chi connectivity index (χ0) is 19.2. The summed E-state index contributed by atoms with van der Waals surface area (Å²) in [4.78, 5) is 13.0. The van der Waals surface area contributed by atoms with Crippen LogP contribution in [0.1, 0.15) is 65.4 Å². The molecule has 1 fully saturated rings. The monoisotopic (exact) mass is 358 g/mol. The van der Waals surface area contributed by atoms with Crippen molar-refractivity contribution in [2.24, 2.45) is 5.92 Å². The van der Waals surface area contributed by atoms with E-state index in [4.69, 9.17) is 9.47 Å². The third-order valence-electron chi connectivity index (χ3n) is 5.06. The van der Waals surface area contributed by atoms with Crippen LogP contribution in [-0.2, 0) is 9.53 Å². The smallest absolute Gasteiger partial charge is 0.256 e. The fraction of sp³-hybridized carbons (Fsp3) is 0.619. The topological polar surface area (TPSA) is 71.3 Å². The number of carbonyl (C=O) groups excluding carboxylic acids is 1. The number of hydrogen-bond acceptors (Lipinski definition) is 4. The lowest BCUT2D eigenvalue weighted by Crippen LogP contribution is -2.48. The van der Waals surface area contributed by atoms with Crippen LogP contribution in [0, 0.1) is 17.2 Å². The summed E-state index contributed by atoms with van der Waals surface area (Å²) in [6.45, 7) is 8.59. The predicted molar refractivity (Wildman–Crippen MR) is 102 cm³/mol. The molecule has 1 aliphatic carbocycles. The summed E-state index contributed by atoms with van der Waals surface area (Å²) in [5, 5.41) is 12.4. The van der Waals surface area contributed by atoms with Crippen molar-refractivity contribution in [2.45, 2.75) is 71.5 Å². The quantitative estimate of drug-likeness (QED) is 0.769. The molecule has 3 atom stereocenters. The summed E-state index contributed by atoms with van der Waals surface area (Å²) in [6, 6.07) is 7.36. The SMILES string of the molecule is CCO[C@@]1(C(=O)Nc2ccc(O[C@H](C)CC)cc2C#N)CCC[C@@H](C)C1. The Bertz CT molecular complexity index is 664. The second-order valence-electron chi connectivity index (χ2n) is 7.24. The van der Waals surface area contributed by atoms with Crippen LogP contribution >= 0.6 is 0 Å². The van der Waals surface area contributed by atoms with Gasteiger partial charge in [-0.2, -0.15) is 5.26 Å². The van der Waals surface area contributed by atoms with Crippen LogP contribution in [0.2, 0.25) is 0 Å². The summed E-state index contributed by atoms with van der Waals surface area (Å²) in [5.74, 6) is 0.931. The average molecular weight is 358 g/mol. The Hall–Kier alpha value is -2.06. The molecule has 5 nitrogen and oxygen atoms in total. The highest BCUT2D eigenvalue weighted by Gasteiger charge is 2.42. The van der Waals surface area contributed by atoms with Gasteiger partial charge in [0.25, 0.3) is 5.91 Å². The Kier molecular flexibility index (Phi) is 7.05. The number of hydrogen-bond donors (Lipinski definition) is 1. The minimum absolute atomic E-state index is 0.0759. The highest BCUT2D eigenvalue weighted by atomic mass is 16.5. The van der Waals surface area contributed by atoms with Gasteiger partial charge in [0.05, 0.1) is 17.4 Å². The molecule has 2 rings (SSSR count). The van der Waals surface area contributed by atoms with Gasteiger partial charge in [-0.05, 0) is 57.6 Å². The van der Waals surface area contributed by atoms with Crippen LogP contribution in [0.3, 0.4) is 0 Å². The van der Waals surface area contributed by atoms with Gasteiger partial charge in [-0.3, -0.25) is 4.79 Å². The summed E-state index contributed by atoms with van der Waals surface area (Å²) in [7, 11) is 0. The fourth-order valence-corrected chi connectivity index (χ4v) is 3.53. The number of nitrogens with zero attached hydrogens (tertiary/aromatic N) is 1. The Balaban J connectivity index is 2.20. The number of ether oxygens (including phenoxy) is 2. The lowest BCUT2D eigenvalue weighted by molar-refractivity contribution is -0.147. The van der Waals surface area contributed by atoms with Gasteiger partial charge < -0.3 is 14.8 Å². The predicted octanol–water partition coefficient (Wildman–Crippen LogP) is 4.66. The second-order valence-corrected chi connectivity index (χ2v) is 7.24. The van der Waals surface area contributed by atoms with E-state index in [0.29, 0.717) is 42.4 Å². The number of benzene rings is 1.